The molecule has 0 saturated carbocycles. The van der Waals surface area contributed by atoms with Crippen molar-refractivity contribution in [2.75, 3.05) is 33.4 Å². The third kappa shape index (κ3) is 6.42. The average molecular weight is 511 g/mol. The fourth-order valence-electron chi connectivity index (χ4n) is 4.17. The molecule has 3 aromatic rings. The second-order valence-electron chi connectivity index (χ2n) is 8.89. The minimum atomic E-state index is -1.09. The topological polar surface area (TPSA) is 59.1 Å². The fourth-order valence-corrected chi connectivity index (χ4v) is 4.39. The van der Waals surface area contributed by atoms with Gasteiger partial charge in [0.1, 0.15) is 23.8 Å². The molecule has 0 spiro atoms. The third-order valence-electron chi connectivity index (χ3n) is 6.12. The highest BCUT2D eigenvalue weighted by atomic mass is 35.5. The highest BCUT2D eigenvalue weighted by molar-refractivity contribution is 6.33. The van der Waals surface area contributed by atoms with Gasteiger partial charge in [0.25, 0.3) is 5.91 Å². The van der Waals surface area contributed by atoms with Crippen LogP contribution in [0.3, 0.4) is 0 Å². The van der Waals surface area contributed by atoms with Crippen molar-refractivity contribution >= 4 is 23.4 Å². The summed E-state index contributed by atoms with van der Waals surface area (Å²) in [6.45, 7) is 1.19. The number of morpholine rings is 1. The number of rotatable bonds is 8. The van der Waals surface area contributed by atoms with Gasteiger partial charge in [-0.05, 0) is 42.0 Å². The van der Waals surface area contributed by atoms with Gasteiger partial charge in [0, 0.05) is 20.1 Å². The van der Waals surface area contributed by atoms with Crippen molar-refractivity contribution in [1.82, 2.24) is 9.80 Å². The molecular formula is C28H28ClFN2O4. The molecule has 8 heteroatoms. The van der Waals surface area contributed by atoms with Gasteiger partial charge in [0.15, 0.2) is 0 Å². The molecule has 1 atom stereocenters. The molecule has 0 unspecified atom stereocenters. The maximum Gasteiger partial charge on any atom is 0.255 e. The molecule has 0 N–H and O–H groups in total. The molecule has 1 fully saturated rings. The third-order valence-corrected chi connectivity index (χ3v) is 6.45. The Labute approximate surface area is 215 Å². The molecular weight excluding hydrogens is 483 g/mol. The molecule has 0 bridgehead atoms. The number of carbonyl (C=O) groups is 2. The van der Waals surface area contributed by atoms with Crippen molar-refractivity contribution in [3.63, 3.8) is 0 Å². The molecule has 1 saturated heterocycles. The van der Waals surface area contributed by atoms with Crippen LogP contribution < -0.4 is 4.74 Å². The minimum absolute atomic E-state index is 0.00380. The van der Waals surface area contributed by atoms with Crippen LogP contribution in [0.15, 0.2) is 78.9 Å². The van der Waals surface area contributed by atoms with E-state index < -0.39 is 5.60 Å². The number of hydrogen-bond acceptors (Lipinski definition) is 4. The molecule has 1 heterocycles. The predicted octanol–water partition coefficient (Wildman–Crippen LogP) is 4.82. The first-order chi connectivity index (χ1) is 17.3. The van der Waals surface area contributed by atoms with E-state index in [4.69, 9.17) is 21.1 Å². The molecule has 0 aromatic heterocycles. The zero-order chi connectivity index (χ0) is 25.5. The zero-order valence-electron chi connectivity index (χ0n) is 20.0. The average Bonchev–Trinajstić information content (AvgIpc) is 2.89. The maximum absolute atomic E-state index is 13.3. The summed E-state index contributed by atoms with van der Waals surface area (Å²) in [5, 5.41) is 0.362. The van der Waals surface area contributed by atoms with Crippen molar-refractivity contribution in [3.8, 4) is 5.75 Å². The van der Waals surface area contributed by atoms with Gasteiger partial charge in [-0.15, -0.1) is 0 Å². The first kappa shape index (κ1) is 25.7. The van der Waals surface area contributed by atoms with Crippen LogP contribution in [-0.4, -0.2) is 60.6 Å². The Hall–Kier alpha value is -3.42. The molecule has 2 amide bonds. The highest BCUT2D eigenvalue weighted by Crippen LogP contribution is 2.28. The second-order valence-corrected chi connectivity index (χ2v) is 9.30. The van der Waals surface area contributed by atoms with E-state index >= 15 is 0 Å². The maximum atomic E-state index is 13.3. The number of ether oxygens (including phenoxy) is 2. The molecule has 36 heavy (non-hydrogen) atoms. The van der Waals surface area contributed by atoms with E-state index in [9.17, 15) is 14.0 Å². The molecule has 0 radical (unpaired) electrons. The standard InChI is InChI=1S/C28H28ClFN2O4/c1-31(18-21-7-3-2-4-8-21)26(33)17-28(20-35-23-13-11-22(30)12-14-23)19-32(15-16-36-28)27(34)24-9-5-6-10-25(24)29/h2-14H,15-20H2,1H3/t28-/m0/s1. The van der Waals surface area contributed by atoms with Crippen molar-refractivity contribution in [1.29, 1.82) is 0 Å². The van der Waals surface area contributed by atoms with E-state index in [2.05, 4.69) is 0 Å². The van der Waals surface area contributed by atoms with Crippen LogP contribution in [0, 0.1) is 5.82 Å². The van der Waals surface area contributed by atoms with E-state index in [1.807, 2.05) is 30.3 Å². The van der Waals surface area contributed by atoms with Gasteiger partial charge in [0.05, 0.1) is 30.2 Å². The Morgan fingerprint density at radius 3 is 2.47 bits per heavy atom. The molecule has 1 aliphatic heterocycles. The Balaban J connectivity index is 1.53. The van der Waals surface area contributed by atoms with Gasteiger partial charge in [-0.2, -0.15) is 0 Å². The van der Waals surface area contributed by atoms with Crippen molar-refractivity contribution < 1.29 is 23.5 Å². The number of carbonyl (C=O) groups excluding carboxylic acids is 2. The molecule has 6 nitrogen and oxygen atoms in total. The van der Waals surface area contributed by atoms with Crippen LogP contribution in [0.1, 0.15) is 22.3 Å². The first-order valence-corrected chi connectivity index (χ1v) is 12.1. The van der Waals surface area contributed by atoms with Gasteiger partial charge in [-0.3, -0.25) is 9.59 Å². The molecule has 188 valence electrons. The van der Waals surface area contributed by atoms with Crippen molar-refractivity contribution in [2.24, 2.45) is 0 Å². The Morgan fingerprint density at radius 2 is 1.75 bits per heavy atom. The monoisotopic (exact) mass is 510 g/mol. The first-order valence-electron chi connectivity index (χ1n) is 11.7. The van der Waals surface area contributed by atoms with Crippen LogP contribution >= 0.6 is 11.6 Å². The molecule has 4 rings (SSSR count). The van der Waals surface area contributed by atoms with Gasteiger partial charge >= 0.3 is 0 Å². The smallest absolute Gasteiger partial charge is 0.255 e. The van der Waals surface area contributed by atoms with E-state index in [1.54, 1.807) is 41.1 Å². The highest BCUT2D eigenvalue weighted by Gasteiger charge is 2.42. The second kappa shape index (κ2) is 11.5. The molecule has 3 aromatic carbocycles. The van der Waals surface area contributed by atoms with Crippen LogP contribution in [0.4, 0.5) is 4.39 Å². The summed E-state index contributed by atoms with van der Waals surface area (Å²) in [7, 11) is 1.74. The Bertz CT molecular complexity index is 1190. The summed E-state index contributed by atoms with van der Waals surface area (Å²) in [6, 6.07) is 22.2. The fraction of sp³-hybridized carbons (Fsp3) is 0.286. The van der Waals surface area contributed by atoms with Crippen molar-refractivity contribution in [2.45, 2.75) is 18.6 Å². The number of amides is 2. The Morgan fingerprint density at radius 1 is 1.06 bits per heavy atom. The largest absolute Gasteiger partial charge is 0.490 e. The van der Waals surface area contributed by atoms with Crippen LogP contribution in [0.25, 0.3) is 0 Å². The van der Waals surface area contributed by atoms with Gasteiger partial charge < -0.3 is 19.3 Å². The number of halogens is 2. The quantitative estimate of drug-likeness (QED) is 0.436. The summed E-state index contributed by atoms with van der Waals surface area (Å²) in [6.07, 6.45) is 0.00380. The van der Waals surface area contributed by atoms with Gasteiger partial charge in [-0.25, -0.2) is 4.39 Å². The lowest BCUT2D eigenvalue weighted by atomic mass is 9.96. The lowest BCUT2D eigenvalue weighted by molar-refractivity contribution is -0.152. The van der Waals surface area contributed by atoms with E-state index in [0.29, 0.717) is 29.4 Å². The summed E-state index contributed by atoms with van der Waals surface area (Å²) in [4.78, 5) is 29.9. The van der Waals surface area contributed by atoms with E-state index in [-0.39, 0.29) is 43.8 Å². The Kier molecular flexibility index (Phi) is 8.23. The number of benzene rings is 3. The normalized spacial score (nSPS) is 17.5. The minimum Gasteiger partial charge on any atom is -0.490 e. The van der Waals surface area contributed by atoms with Crippen LogP contribution in [-0.2, 0) is 16.1 Å². The van der Waals surface area contributed by atoms with Crippen LogP contribution in [0.2, 0.25) is 5.02 Å². The SMILES string of the molecule is CN(Cc1ccccc1)C(=O)C[C@@]1(COc2ccc(F)cc2)CN(C(=O)c2ccccc2Cl)CCO1. The van der Waals surface area contributed by atoms with Gasteiger partial charge in [0.2, 0.25) is 5.91 Å². The lowest BCUT2D eigenvalue weighted by Gasteiger charge is -2.42. The number of nitrogens with zero attached hydrogens (tertiary/aromatic N) is 2. The summed E-state index contributed by atoms with van der Waals surface area (Å²) in [5.74, 6) is -0.312. The van der Waals surface area contributed by atoms with E-state index in [1.165, 1.54) is 24.3 Å². The summed E-state index contributed by atoms with van der Waals surface area (Å²) < 4.78 is 25.4. The van der Waals surface area contributed by atoms with E-state index in [0.717, 1.165) is 5.56 Å². The summed E-state index contributed by atoms with van der Waals surface area (Å²) in [5.41, 5.74) is 0.304. The van der Waals surface area contributed by atoms with Crippen LogP contribution in [0.5, 0.6) is 5.75 Å². The lowest BCUT2D eigenvalue weighted by Crippen LogP contribution is -2.58. The molecule has 0 aliphatic carbocycles. The predicted molar refractivity (Wildman–Crippen MR) is 135 cm³/mol. The van der Waals surface area contributed by atoms with Gasteiger partial charge in [-0.1, -0.05) is 54.1 Å². The van der Waals surface area contributed by atoms with Crippen molar-refractivity contribution in [3.05, 3.63) is 101 Å². The number of hydrogen-bond donors (Lipinski definition) is 0. The molecule has 1 aliphatic rings. The summed E-state index contributed by atoms with van der Waals surface area (Å²) >= 11 is 6.27. The zero-order valence-corrected chi connectivity index (χ0v) is 20.8.